The van der Waals surface area contributed by atoms with Gasteiger partial charge in [0.05, 0.1) is 18.1 Å². The molecular weight excluding hydrogens is 436 g/mol. The van der Waals surface area contributed by atoms with E-state index in [0.29, 0.717) is 17.9 Å². The van der Waals surface area contributed by atoms with Crippen molar-refractivity contribution in [2.24, 2.45) is 5.92 Å². The van der Waals surface area contributed by atoms with Crippen molar-refractivity contribution in [3.05, 3.63) is 35.4 Å². The van der Waals surface area contributed by atoms with Crippen molar-refractivity contribution >= 4 is 11.9 Å². The zero-order valence-electron chi connectivity index (χ0n) is 18.3. The van der Waals surface area contributed by atoms with Gasteiger partial charge < -0.3 is 38.6 Å². The summed E-state index contributed by atoms with van der Waals surface area (Å²) in [5.41, 5.74) is 0.496. The number of rotatable bonds is 6. The number of benzene rings is 2. The van der Waals surface area contributed by atoms with Crippen molar-refractivity contribution in [2.75, 3.05) is 13.2 Å². The van der Waals surface area contributed by atoms with Crippen LogP contribution in [0.4, 0.5) is 0 Å². The minimum Gasteiger partial charge on any atom is -0.508 e. The van der Waals surface area contributed by atoms with E-state index in [1.165, 1.54) is 24.3 Å². The first kappa shape index (κ1) is 22.5. The molecule has 10 heteroatoms. The van der Waals surface area contributed by atoms with Gasteiger partial charge in [0.15, 0.2) is 11.5 Å². The van der Waals surface area contributed by atoms with Gasteiger partial charge in [0.25, 0.3) is 0 Å². The van der Waals surface area contributed by atoms with Crippen molar-refractivity contribution in [3.63, 3.8) is 0 Å². The van der Waals surface area contributed by atoms with Gasteiger partial charge in [-0.1, -0.05) is 13.8 Å². The predicted molar refractivity (Wildman–Crippen MR) is 112 cm³/mol. The van der Waals surface area contributed by atoms with Crippen LogP contribution in [-0.4, -0.2) is 47.9 Å². The monoisotopic (exact) mass is 460 g/mol. The molecule has 2 N–H and O–H groups in total. The van der Waals surface area contributed by atoms with Gasteiger partial charge in [0.2, 0.25) is 5.75 Å². The van der Waals surface area contributed by atoms with Crippen LogP contribution in [-0.2, 0) is 20.7 Å². The number of hydrogen-bond donors (Lipinski definition) is 2. The zero-order chi connectivity index (χ0) is 23.7. The summed E-state index contributed by atoms with van der Waals surface area (Å²) in [7, 11) is 0. The second-order valence-electron chi connectivity index (χ2n) is 7.84. The number of esters is 2. The minimum absolute atomic E-state index is 0.0127. The topological polar surface area (TPSA) is 130 Å². The van der Waals surface area contributed by atoms with Gasteiger partial charge >= 0.3 is 18.4 Å². The molecule has 0 bridgehead atoms. The third-order valence-corrected chi connectivity index (χ3v) is 4.98. The van der Waals surface area contributed by atoms with E-state index in [1.54, 1.807) is 20.8 Å². The Morgan fingerprint density at radius 1 is 1.12 bits per heavy atom. The Balaban J connectivity index is 1.55. The second-order valence-corrected chi connectivity index (χ2v) is 7.84. The number of fused-ring (bicyclic) bond motifs is 2. The lowest BCUT2D eigenvalue weighted by atomic mass is 10.0. The second kappa shape index (κ2) is 9.07. The molecule has 0 amide bonds. The highest BCUT2D eigenvalue weighted by atomic mass is 16.9. The molecule has 0 radical (unpaired) electrons. The predicted octanol–water partition coefficient (Wildman–Crippen LogP) is 2.91. The van der Waals surface area contributed by atoms with E-state index in [1.807, 2.05) is 0 Å². The standard InChI is InChI=1S/C23H24O10/c1-4-28-23-32-19-6-12(5-18(20(19)33-23)31-21(26)11(2)3)22(27)30-14-9-15-16(25)7-13(24)8-17(15)29-10-14/h5-8,11,14,23-25H,4,9-10H2,1-3H3/t14-,23?/m1/s1. The van der Waals surface area contributed by atoms with Gasteiger partial charge in [-0.15, -0.1) is 0 Å². The van der Waals surface area contributed by atoms with E-state index in [9.17, 15) is 19.8 Å². The molecule has 0 aromatic heterocycles. The van der Waals surface area contributed by atoms with Gasteiger partial charge in [-0.2, -0.15) is 0 Å². The third kappa shape index (κ3) is 4.75. The third-order valence-electron chi connectivity index (χ3n) is 4.98. The maximum absolute atomic E-state index is 12.9. The fourth-order valence-electron chi connectivity index (χ4n) is 3.34. The summed E-state index contributed by atoms with van der Waals surface area (Å²) in [5.74, 6) is -1.25. The van der Waals surface area contributed by atoms with E-state index in [0.717, 1.165) is 0 Å². The van der Waals surface area contributed by atoms with Gasteiger partial charge in [0.1, 0.15) is 30.0 Å². The van der Waals surface area contributed by atoms with Crippen LogP contribution >= 0.6 is 0 Å². The summed E-state index contributed by atoms with van der Waals surface area (Å²) in [6, 6.07) is 5.33. The Morgan fingerprint density at radius 2 is 1.91 bits per heavy atom. The van der Waals surface area contributed by atoms with Crippen LogP contribution in [0.25, 0.3) is 0 Å². The van der Waals surface area contributed by atoms with Gasteiger partial charge in [-0.3, -0.25) is 4.79 Å². The summed E-state index contributed by atoms with van der Waals surface area (Å²) in [4.78, 5) is 25.1. The number of carbonyl (C=O) groups excluding carboxylic acids is 2. The molecule has 2 aliphatic heterocycles. The Kier molecular flexibility index (Phi) is 6.19. The van der Waals surface area contributed by atoms with E-state index in [2.05, 4.69) is 0 Å². The molecule has 10 nitrogen and oxygen atoms in total. The Morgan fingerprint density at radius 3 is 2.64 bits per heavy atom. The maximum atomic E-state index is 12.9. The van der Waals surface area contributed by atoms with Crippen LogP contribution in [0.1, 0.15) is 36.7 Å². The zero-order valence-corrected chi connectivity index (χ0v) is 18.3. The van der Waals surface area contributed by atoms with Crippen molar-refractivity contribution < 1.29 is 48.2 Å². The lowest BCUT2D eigenvalue weighted by molar-refractivity contribution is -0.174. The lowest BCUT2D eigenvalue weighted by Gasteiger charge is -2.26. The van der Waals surface area contributed by atoms with Crippen molar-refractivity contribution in [2.45, 2.75) is 39.8 Å². The average Bonchev–Trinajstić information content (AvgIpc) is 3.17. The number of carbonyl (C=O) groups is 2. The molecule has 0 spiro atoms. The highest BCUT2D eigenvalue weighted by molar-refractivity contribution is 5.92. The maximum Gasteiger partial charge on any atom is 0.361 e. The molecule has 2 atom stereocenters. The molecule has 176 valence electrons. The van der Waals surface area contributed by atoms with Crippen LogP contribution < -0.4 is 18.9 Å². The normalized spacial score (nSPS) is 18.4. The van der Waals surface area contributed by atoms with E-state index < -0.39 is 30.4 Å². The number of hydrogen-bond acceptors (Lipinski definition) is 10. The van der Waals surface area contributed by atoms with Crippen LogP contribution in [0.2, 0.25) is 0 Å². The van der Waals surface area contributed by atoms with Crippen LogP contribution in [0.3, 0.4) is 0 Å². The molecule has 0 fully saturated rings. The SMILES string of the molecule is CCOC1Oc2cc(C(=O)O[C@H]3COc4cc(O)cc(O)c4C3)cc(OC(=O)C(C)C)c2O1. The first-order valence-electron chi connectivity index (χ1n) is 10.5. The highest BCUT2D eigenvalue weighted by Gasteiger charge is 2.33. The van der Waals surface area contributed by atoms with Gasteiger partial charge in [-0.25, -0.2) is 4.79 Å². The quantitative estimate of drug-likeness (QED) is 0.490. The first-order chi connectivity index (χ1) is 15.7. The van der Waals surface area contributed by atoms with E-state index in [4.69, 9.17) is 28.4 Å². The number of phenolic OH excluding ortho intramolecular Hbond substituents is 2. The average molecular weight is 460 g/mol. The molecular formula is C23H24O10. The number of phenols is 2. The Bertz CT molecular complexity index is 1080. The molecule has 2 aromatic rings. The number of aromatic hydroxyl groups is 2. The summed E-state index contributed by atoms with van der Waals surface area (Å²) in [6.07, 6.45) is -0.497. The molecule has 0 aliphatic carbocycles. The largest absolute Gasteiger partial charge is 0.508 e. The summed E-state index contributed by atoms with van der Waals surface area (Å²) in [5, 5.41) is 19.7. The smallest absolute Gasteiger partial charge is 0.361 e. The molecule has 1 unspecified atom stereocenters. The summed E-state index contributed by atoms with van der Waals surface area (Å²) >= 11 is 0. The first-order valence-corrected chi connectivity index (χ1v) is 10.5. The van der Waals surface area contributed by atoms with Gasteiger partial charge in [0, 0.05) is 24.1 Å². The summed E-state index contributed by atoms with van der Waals surface area (Å²) in [6.45, 7) is 4.45. The van der Waals surface area contributed by atoms with E-state index >= 15 is 0 Å². The fourth-order valence-corrected chi connectivity index (χ4v) is 3.34. The summed E-state index contributed by atoms with van der Waals surface area (Å²) < 4.78 is 32.9. The molecule has 0 saturated heterocycles. The minimum atomic E-state index is -1.03. The molecule has 2 heterocycles. The van der Waals surface area contributed by atoms with Crippen molar-refractivity contribution in [1.82, 2.24) is 0 Å². The van der Waals surface area contributed by atoms with Crippen LogP contribution in [0.15, 0.2) is 24.3 Å². The highest BCUT2D eigenvalue weighted by Crippen LogP contribution is 2.45. The molecule has 2 aromatic carbocycles. The van der Waals surface area contributed by atoms with Crippen LogP contribution in [0, 0.1) is 5.92 Å². The number of ether oxygens (including phenoxy) is 6. The molecule has 0 saturated carbocycles. The van der Waals surface area contributed by atoms with Crippen molar-refractivity contribution in [1.29, 1.82) is 0 Å². The van der Waals surface area contributed by atoms with Crippen LogP contribution in [0.5, 0.6) is 34.5 Å². The lowest BCUT2D eigenvalue weighted by Crippen LogP contribution is -2.31. The molecule has 4 rings (SSSR count). The Hall–Kier alpha value is -3.66. The Labute approximate surface area is 189 Å². The fraction of sp³-hybridized carbons (Fsp3) is 0.391. The van der Waals surface area contributed by atoms with Gasteiger partial charge in [-0.05, 0) is 19.1 Å². The molecule has 33 heavy (non-hydrogen) atoms. The van der Waals surface area contributed by atoms with Crippen molar-refractivity contribution in [3.8, 4) is 34.5 Å². The molecule has 2 aliphatic rings. The van der Waals surface area contributed by atoms with E-state index in [-0.39, 0.29) is 47.3 Å².